The van der Waals surface area contributed by atoms with E-state index in [0.29, 0.717) is 0 Å². The minimum Gasteiger partial charge on any atom is -0.481 e. The van der Waals surface area contributed by atoms with Crippen molar-refractivity contribution in [1.29, 1.82) is 0 Å². The normalized spacial score (nSPS) is 26.9. The zero-order valence-corrected chi connectivity index (χ0v) is 10.5. The Balaban J connectivity index is 1.89. The predicted octanol–water partition coefficient (Wildman–Crippen LogP) is 0.205. The van der Waals surface area contributed by atoms with Crippen LogP contribution in [0.25, 0.3) is 0 Å². The molecule has 0 aromatic heterocycles. The molecule has 1 aliphatic heterocycles. The highest BCUT2D eigenvalue weighted by Crippen LogP contribution is 2.35. The molecule has 1 aliphatic carbocycles. The van der Waals surface area contributed by atoms with Gasteiger partial charge in [0.25, 0.3) is 0 Å². The fraction of sp³-hybridized carbons (Fsp3) is 0.818. The molecule has 1 unspecified atom stereocenters. The summed E-state index contributed by atoms with van der Waals surface area (Å²) >= 11 is 1.76. The Hall–Kier alpha value is -0.750. The van der Waals surface area contributed by atoms with Crippen molar-refractivity contribution in [2.24, 2.45) is 0 Å². The molecular weight excluding hydrogens is 240 g/mol. The molecule has 2 rings (SSSR count). The molecule has 0 bridgehead atoms. The molecule has 1 heterocycles. The molecule has 0 spiro atoms. The summed E-state index contributed by atoms with van der Waals surface area (Å²) in [6.45, 7) is 0.842. The lowest BCUT2D eigenvalue weighted by Crippen LogP contribution is -2.60. The standard InChI is InChI=1S/C11H18N2O3S/c14-9(15)6-11(2-1-3-11)13-10(16)8-7-17-5-4-12-8/h8,12H,1-7H2,(H,13,16)(H,14,15). The molecule has 1 saturated heterocycles. The van der Waals surface area contributed by atoms with E-state index in [4.69, 9.17) is 5.11 Å². The highest BCUT2D eigenvalue weighted by Gasteiger charge is 2.41. The van der Waals surface area contributed by atoms with Crippen LogP contribution in [0.4, 0.5) is 0 Å². The number of rotatable bonds is 4. The van der Waals surface area contributed by atoms with E-state index in [1.54, 1.807) is 11.8 Å². The monoisotopic (exact) mass is 258 g/mol. The van der Waals surface area contributed by atoms with Gasteiger partial charge < -0.3 is 15.7 Å². The molecule has 0 aromatic carbocycles. The van der Waals surface area contributed by atoms with Crippen molar-refractivity contribution in [3.8, 4) is 0 Å². The van der Waals surface area contributed by atoms with Gasteiger partial charge in [-0.2, -0.15) is 11.8 Å². The number of thioether (sulfide) groups is 1. The second kappa shape index (κ2) is 5.27. The Kier molecular flexibility index (Phi) is 3.93. The van der Waals surface area contributed by atoms with E-state index in [0.717, 1.165) is 37.3 Å². The highest BCUT2D eigenvalue weighted by atomic mass is 32.2. The fourth-order valence-corrected chi connectivity index (χ4v) is 3.26. The van der Waals surface area contributed by atoms with E-state index in [2.05, 4.69) is 10.6 Å². The molecule has 1 amide bonds. The Morgan fingerprint density at radius 1 is 1.47 bits per heavy atom. The van der Waals surface area contributed by atoms with Crippen LogP contribution in [-0.4, -0.2) is 46.6 Å². The number of carboxylic acids is 1. The number of aliphatic carboxylic acids is 1. The number of carbonyl (C=O) groups excluding carboxylic acids is 1. The first kappa shape index (κ1) is 12.7. The molecule has 1 atom stereocenters. The molecule has 6 heteroatoms. The number of carboxylic acid groups (broad SMARTS) is 1. The number of carbonyl (C=O) groups is 2. The molecule has 0 aromatic rings. The minimum absolute atomic E-state index is 0.0403. The summed E-state index contributed by atoms with van der Waals surface area (Å²) in [5.74, 6) is 0.924. The number of amides is 1. The Labute approximate surface area is 105 Å². The SMILES string of the molecule is O=C(O)CC1(NC(=O)C2CSCCN2)CCC1. The first-order valence-corrected chi connectivity index (χ1v) is 7.12. The van der Waals surface area contributed by atoms with Crippen molar-refractivity contribution in [1.82, 2.24) is 10.6 Å². The first-order chi connectivity index (χ1) is 8.11. The van der Waals surface area contributed by atoms with Crippen LogP contribution in [0.15, 0.2) is 0 Å². The predicted molar refractivity (Wildman–Crippen MR) is 66.1 cm³/mol. The van der Waals surface area contributed by atoms with Crippen LogP contribution < -0.4 is 10.6 Å². The van der Waals surface area contributed by atoms with Crippen LogP contribution in [-0.2, 0) is 9.59 Å². The van der Waals surface area contributed by atoms with Gasteiger partial charge in [-0.25, -0.2) is 0 Å². The maximum absolute atomic E-state index is 12.0. The van der Waals surface area contributed by atoms with Crippen LogP contribution in [0.3, 0.4) is 0 Å². The van der Waals surface area contributed by atoms with Gasteiger partial charge in [-0.1, -0.05) is 0 Å². The van der Waals surface area contributed by atoms with Crippen molar-refractivity contribution < 1.29 is 14.7 Å². The molecule has 1 saturated carbocycles. The van der Waals surface area contributed by atoms with Crippen molar-refractivity contribution >= 4 is 23.6 Å². The molecule has 2 aliphatic rings. The van der Waals surface area contributed by atoms with E-state index in [-0.39, 0.29) is 18.4 Å². The quantitative estimate of drug-likeness (QED) is 0.671. The third-order valence-corrected chi connectivity index (χ3v) is 4.49. The molecule has 5 nitrogen and oxygen atoms in total. The van der Waals surface area contributed by atoms with Crippen LogP contribution >= 0.6 is 11.8 Å². The van der Waals surface area contributed by atoms with Gasteiger partial charge >= 0.3 is 5.97 Å². The average molecular weight is 258 g/mol. The smallest absolute Gasteiger partial charge is 0.305 e. The van der Waals surface area contributed by atoms with E-state index >= 15 is 0 Å². The van der Waals surface area contributed by atoms with E-state index in [9.17, 15) is 9.59 Å². The van der Waals surface area contributed by atoms with Crippen molar-refractivity contribution in [2.75, 3.05) is 18.1 Å². The van der Waals surface area contributed by atoms with Gasteiger partial charge in [0.1, 0.15) is 0 Å². The topological polar surface area (TPSA) is 78.4 Å². The molecular formula is C11H18N2O3S. The van der Waals surface area contributed by atoms with Gasteiger partial charge in [0.15, 0.2) is 0 Å². The third kappa shape index (κ3) is 3.13. The van der Waals surface area contributed by atoms with Gasteiger partial charge in [0.05, 0.1) is 18.0 Å². The van der Waals surface area contributed by atoms with Crippen LogP contribution in [0.1, 0.15) is 25.7 Å². The van der Waals surface area contributed by atoms with Crippen molar-refractivity contribution in [3.63, 3.8) is 0 Å². The van der Waals surface area contributed by atoms with Crippen LogP contribution in [0.5, 0.6) is 0 Å². The van der Waals surface area contributed by atoms with Gasteiger partial charge in [0.2, 0.25) is 5.91 Å². The number of nitrogens with one attached hydrogen (secondary N) is 2. The molecule has 3 N–H and O–H groups in total. The molecule has 2 fully saturated rings. The van der Waals surface area contributed by atoms with Gasteiger partial charge in [-0.15, -0.1) is 0 Å². The summed E-state index contributed by atoms with van der Waals surface area (Å²) in [6, 6.07) is -0.167. The van der Waals surface area contributed by atoms with Gasteiger partial charge in [-0.05, 0) is 19.3 Å². The Morgan fingerprint density at radius 3 is 2.71 bits per heavy atom. The zero-order valence-electron chi connectivity index (χ0n) is 9.70. The maximum Gasteiger partial charge on any atom is 0.305 e. The average Bonchev–Trinajstić information content (AvgIpc) is 2.26. The van der Waals surface area contributed by atoms with Crippen LogP contribution in [0, 0.1) is 0 Å². The highest BCUT2D eigenvalue weighted by molar-refractivity contribution is 7.99. The first-order valence-electron chi connectivity index (χ1n) is 5.96. The second-order valence-corrected chi connectivity index (χ2v) is 5.93. The van der Waals surface area contributed by atoms with Crippen molar-refractivity contribution in [3.05, 3.63) is 0 Å². The summed E-state index contributed by atoms with van der Waals surface area (Å²) in [6.07, 6.45) is 2.61. The molecule has 0 radical (unpaired) electrons. The lowest BCUT2D eigenvalue weighted by atomic mass is 9.74. The van der Waals surface area contributed by atoms with E-state index < -0.39 is 11.5 Å². The second-order valence-electron chi connectivity index (χ2n) is 4.78. The number of hydrogen-bond acceptors (Lipinski definition) is 4. The van der Waals surface area contributed by atoms with Gasteiger partial charge in [-0.3, -0.25) is 9.59 Å². The summed E-state index contributed by atoms with van der Waals surface area (Å²) in [7, 11) is 0. The number of hydrogen-bond donors (Lipinski definition) is 3. The molecule has 96 valence electrons. The zero-order chi connectivity index (χ0) is 12.3. The Bertz CT molecular complexity index is 312. The lowest BCUT2D eigenvalue weighted by molar-refractivity contribution is -0.140. The van der Waals surface area contributed by atoms with E-state index in [1.165, 1.54) is 0 Å². The maximum atomic E-state index is 12.0. The summed E-state index contributed by atoms with van der Waals surface area (Å²) in [5, 5.41) is 15.0. The largest absolute Gasteiger partial charge is 0.481 e. The van der Waals surface area contributed by atoms with Crippen molar-refractivity contribution in [2.45, 2.75) is 37.3 Å². The van der Waals surface area contributed by atoms with Crippen LogP contribution in [0.2, 0.25) is 0 Å². The third-order valence-electron chi connectivity index (χ3n) is 3.43. The fourth-order valence-electron chi connectivity index (χ4n) is 2.32. The summed E-state index contributed by atoms with van der Waals surface area (Å²) in [5.41, 5.74) is -0.479. The van der Waals surface area contributed by atoms with Gasteiger partial charge in [0, 0.05) is 18.1 Å². The van der Waals surface area contributed by atoms with E-state index in [1.807, 2.05) is 0 Å². The molecule has 17 heavy (non-hydrogen) atoms. The Morgan fingerprint density at radius 2 is 2.24 bits per heavy atom. The summed E-state index contributed by atoms with van der Waals surface area (Å²) < 4.78 is 0. The lowest BCUT2D eigenvalue weighted by Gasteiger charge is -2.42. The summed E-state index contributed by atoms with van der Waals surface area (Å²) in [4.78, 5) is 22.8. The minimum atomic E-state index is -0.837.